The smallest absolute Gasteiger partial charge is 0.269 e. The Kier molecular flexibility index (Phi) is 4.81. The third-order valence-electron chi connectivity index (χ3n) is 3.19. The highest BCUT2D eigenvalue weighted by Crippen LogP contribution is 2.31. The molecule has 0 saturated heterocycles. The fraction of sp³-hybridized carbons (Fsp3) is 0.357. The number of hydrogen-bond acceptors (Lipinski definition) is 3. The number of alkyl halides is 3. The summed E-state index contributed by atoms with van der Waals surface area (Å²) in [5.41, 5.74) is -1.000. The monoisotopic (exact) mass is 347 g/mol. The molecule has 0 radical (unpaired) electrons. The van der Waals surface area contributed by atoms with Gasteiger partial charge in [-0.25, -0.2) is 13.1 Å². The van der Waals surface area contributed by atoms with Crippen LogP contribution in [0, 0.1) is 0 Å². The Bertz CT molecular complexity index is 783. The maximum atomic E-state index is 12.9. The van der Waals surface area contributed by atoms with Crippen molar-refractivity contribution in [1.29, 1.82) is 0 Å². The quantitative estimate of drug-likeness (QED) is 0.904. The van der Waals surface area contributed by atoms with Crippen LogP contribution in [-0.2, 0) is 22.7 Å². The second-order valence-corrected chi connectivity index (χ2v) is 7.00. The Labute approximate surface area is 132 Å². The lowest BCUT2D eigenvalue weighted by molar-refractivity contribution is -0.138. The highest BCUT2D eigenvalue weighted by atomic mass is 32.2. The van der Waals surface area contributed by atoms with E-state index in [-0.39, 0.29) is 16.5 Å². The average molecular weight is 347 g/mol. The fourth-order valence-corrected chi connectivity index (χ4v) is 2.89. The predicted octanol–water partition coefficient (Wildman–Crippen LogP) is 2.96. The zero-order chi connectivity index (χ0) is 17.3. The number of sulfonamides is 1. The number of nitrogens with zero attached hydrogens (tertiary/aromatic N) is 2. The fourth-order valence-electron chi connectivity index (χ4n) is 1.95. The van der Waals surface area contributed by atoms with Crippen LogP contribution in [0.25, 0.3) is 0 Å². The summed E-state index contributed by atoms with van der Waals surface area (Å²) in [4.78, 5) is -0.0873. The third kappa shape index (κ3) is 4.11. The van der Waals surface area contributed by atoms with E-state index in [1.807, 2.05) is 13.8 Å². The molecule has 1 aromatic heterocycles. The topological polar surface area (TPSA) is 64.0 Å². The van der Waals surface area contributed by atoms with Gasteiger partial charge >= 0.3 is 6.18 Å². The van der Waals surface area contributed by atoms with E-state index >= 15 is 0 Å². The lowest BCUT2D eigenvalue weighted by Crippen LogP contribution is -2.24. The Hall–Kier alpha value is -1.87. The lowest BCUT2D eigenvalue weighted by atomic mass is 10.1. The summed E-state index contributed by atoms with van der Waals surface area (Å²) in [7, 11) is -3.93. The number of aromatic nitrogens is 2. The van der Waals surface area contributed by atoms with Gasteiger partial charge in [-0.05, 0) is 25.5 Å². The molecule has 5 nitrogen and oxygen atoms in total. The summed E-state index contributed by atoms with van der Waals surface area (Å²) in [5, 5.41) is 3.91. The molecule has 0 fully saturated rings. The molecule has 0 atom stereocenters. The zero-order valence-corrected chi connectivity index (χ0v) is 13.3. The molecule has 0 bridgehead atoms. The molecule has 0 amide bonds. The maximum absolute atomic E-state index is 12.9. The Morgan fingerprint density at radius 2 is 1.91 bits per heavy atom. The zero-order valence-electron chi connectivity index (χ0n) is 12.5. The van der Waals surface area contributed by atoms with Gasteiger partial charge in [-0.3, -0.25) is 4.68 Å². The number of halogens is 3. The molecule has 2 aromatic rings. The van der Waals surface area contributed by atoms with Crippen molar-refractivity contribution in [2.45, 2.75) is 37.5 Å². The molecule has 1 N–H and O–H groups in total. The van der Waals surface area contributed by atoms with E-state index in [9.17, 15) is 21.6 Å². The molecule has 9 heteroatoms. The molecule has 0 aliphatic carbocycles. The molecule has 23 heavy (non-hydrogen) atoms. The first-order valence-corrected chi connectivity index (χ1v) is 8.28. The average Bonchev–Trinajstić information content (AvgIpc) is 2.95. The van der Waals surface area contributed by atoms with Gasteiger partial charge in [0.1, 0.15) is 4.90 Å². The second-order valence-electron chi connectivity index (χ2n) is 5.23. The van der Waals surface area contributed by atoms with Crippen LogP contribution >= 0.6 is 0 Å². The van der Waals surface area contributed by atoms with Crippen molar-refractivity contribution in [2.24, 2.45) is 0 Å². The maximum Gasteiger partial charge on any atom is 0.416 e. The highest BCUT2D eigenvalue weighted by molar-refractivity contribution is 7.89. The largest absolute Gasteiger partial charge is 0.416 e. The minimum Gasteiger partial charge on any atom is -0.269 e. The third-order valence-corrected chi connectivity index (χ3v) is 4.55. The standard InChI is InChI=1S/C14H16F3N3O2S/c1-10(2)20-9-12(8-18-20)23(21,22)19-7-11-5-3-4-6-13(11)14(15,16)17/h3-6,8-10,19H,7H2,1-2H3. The van der Waals surface area contributed by atoms with Gasteiger partial charge in [0.25, 0.3) is 0 Å². The first-order chi connectivity index (χ1) is 10.6. The lowest BCUT2D eigenvalue weighted by Gasteiger charge is -2.13. The molecular weight excluding hydrogens is 331 g/mol. The molecule has 0 unspecified atom stereocenters. The van der Waals surface area contributed by atoms with Crippen LogP contribution < -0.4 is 4.72 Å². The minimum absolute atomic E-state index is 0.0232. The van der Waals surface area contributed by atoms with E-state index in [4.69, 9.17) is 0 Å². The number of benzene rings is 1. The predicted molar refractivity (Wildman–Crippen MR) is 78.1 cm³/mol. The van der Waals surface area contributed by atoms with Crippen molar-refractivity contribution in [1.82, 2.24) is 14.5 Å². The van der Waals surface area contributed by atoms with Crippen LogP contribution in [0.15, 0.2) is 41.6 Å². The van der Waals surface area contributed by atoms with Crippen LogP contribution in [-0.4, -0.2) is 18.2 Å². The number of rotatable bonds is 5. The number of hydrogen-bond donors (Lipinski definition) is 1. The summed E-state index contributed by atoms with van der Waals surface area (Å²) < 4.78 is 66.6. The van der Waals surface area contributed by atoms with E-state index in [0.29, 0.717) is 0 Å². The van der Waals surface area contributed by atoms with Crippen molar-refractivity contribution in [3.63, 3.8) is 0 Å². The SMILES string of the molecule is CC(C)n1cc(S(=O)(=O)NCc2ccccc2C(F)(F)F)cn1. The van der Waals surface area contributed by atoms with Crippen molar-refractivity contribution in [2.75, 3.05) is 0 Å². The van der Waals surface area contributed by atoms with Crippen LogP contribution in [0.5, 0.6) is 0 Å². The molecule has 1 aromatic carbocycles. The summed E-state index contributed by atoms with van der Waals surface area (Å²) in [6.07, 6.45) is -2.04. The summed E-state index contributed by atoms with van der Waals surface area (Å²) in [6, 6.07) is 4.82. The van der Waals surface area contributed by atoms with Gasteiger partial charge in [0.05, 0.1) is 11.8 Å². The minimum atomic E-state index is -4.54. The summed E-state index contributed by atoms with van der Waals surface area (Å²) in [5.74, 6) is 0. The molecule has 2 rings (SSSR count). The number of nitrogens with one attached hydrogen (secondary N) is 1. The van der Waals surface area contributed by atoms with Crippen molar-refractivity contribution in [3.8, 4) is 0 Å². The molecule has 0 aliphatic rings. The van der Waals surface area contributed by atoms with E-state index in [1.165, 1.54) is 29.1 Å². The molecule has 0 saturated carbocycles. The molecule has 126 valence electrons. The Morgan fingerprint density at radius 3 is 2.48 bits per heavy atom. The van der Waals surface area contributed by atoms with Crippen LogP contribution in [0.2, 0.25) is 0 Å². The summed E-state index contributed by atoms with van der Waals surface area (Å²) >= 11 is 0. The summed E-state index contributed by atoms with van der Waals surface area (Å²) in [6.45, 7) is 3.21. The van der Waals surface area contributed by atoms with E-state index in [2.05, 4.69) is 9.82 Å². The van der Waals surface area contributed by atoms with Gasteiger partial charge in [-0.15, -0.1) is 0 Å². The molecule has 1 heterocycles. The first-order valence-electron chi connectivity index (χ1n) is 6.80. The normalized spacial score (nSPS) is 12.8. The van der Waals surface area contributed by atoms with Crippen LogP contribution in [0.3, 0.4) is 0 Å². The van der Waals surface area contributed by atoms with Crippen LogP contribution in [0.1, 0.15) is 31.0 Å². The Balaban J connectivity index is 2.20. The highest BCUT2D eigenvalue weighted by Gasteiger charge is 2.33. The van der Waals surface area contributed by atoms with Crippen molar-refractivity contribution >= 4 is 10.0 Å². The van der Waals surface area contributed by atoms with Gasteiger partial charge in [-0.1, -0.05) is 18.2 Å². The molecule has 0 spiro atoms. The van der Waals surface area contributed by atoms with E-state index in [0.717, 1.165) is 12.3 Å². The van der Waals surface area contributed by atoms with Gasteiger partial charge in [-0.2, -0.15) is 18.3 Å². The van der Waals surface area contributed by atoms with Gasteiger partial charge < -0.3 is 0 Å². The first kappa shape index (κ1) is 17.5. The van der Waals surface area contributed by atoms with Crippen molar-refractivity contribution < 1.29 is 21.6 Å². The van der Waals surface area contributed by atoms with Crippen molar-refractivity contribution in [3.05, 3.63) is 47.8 Å². The van der Waals surface area contributed by atoms with Gasteiger partial charge in [0.15, 0.2) is 0 Å². The Morgan fingerprint density at radius 1 is 1.26 bits per heavy atom. The van der Waals surface area contributed by atoms with E-state index < -0.39 is 28.3 Å². The second kappa shape index (κ2) is 6.32. The van der Waals surface area contributed by atoms with Gasteiger partial charge in [0.2, 0.25) is 10.0 Å². The van der Waals surface area contributed by atoms with Crippen LogP contribution in [0.4, 0.5) is 13.2 Å². The molecule has 0 aliphatic heterocycles. The van der Waals surface area contributed by atoms with Gasteiger partial charge in [0, 0.05) is 18.8 Å². The van der Waals surface area contributed by atoms with E-state index in [1.54, 1.807) is 0 Å². The molecular formula is C14H16F3N3O2S.